The molecule has 166 valence electrons. The number of nitriles is 1. The highest BCUT2D eigenvalue weighted by atomic mass is 19.1. The molecule has 0 bridgehead atoms. The zero-order valence-electron chi connectivity index (χ0n) is 18.5. The summed E-state index contributed by atoms with van der Waals surface area (Å²) in [5.41, 5.74) is 8.55. The first kappa shape index (κ1) is 24.1. The molecule has 0 aliphatic carbocycles. The Kier molecular flexibility index (Phi) is 8.76. The van der Waals surface area contributed by atoms with Crippen LogP contribution in [0.1, 0.15) is 30.4 Å². The van der Waals surface area contributed by atoms with E-state index in [2.05, 4.69) is 20.9 Å². The van der Waals surface area contributed by atoms with Gasteiger partial charge < -0.3 is 25.2 Å². The van der Waals surface area contributed by atoms with Crippen molar-refractivity contribution in [1.82, 2.24) is 14.7 Å². The van der Waals surface area contributed by atoms with E-state index in [-0.39, 0.29) is 11.9 Å². The van der Waals surface area contributed by atoms with E-state index in [9.17, 15) is 9.65 Å². The number of nitrogens with zero attached hydrogens (tertiary/aromatic N) is 5. The Bertz CT molecular complexity index is 902. The van der Waals surface area contributed by atoms with E-state index in [1.807, 2.05) is 45.1 Å². The summed E-state index contributed by atoms with van der Waals surface area (Å²) in [5.74, 6) is 1.62. The molecule has 1 unspecified atom stereocenters. The highest BCUT2D eigenvalue weighted by Gasteiger charge is 2.27. The molecule has 0 saturated carbocycles. The average molecular weight is 427 g/mol. The fraction of sp³-hybridized carbons (Fsp3) is 0.435. The zero-order chi connectivity index (χ0) is 23.0. The molecule has 0 spiro atoms. The number of likely N-dealkylation sites (N-methyl/N-ethyl adjacent to an activating group) is 1. The fourth-order valence-electron chi connectivity index (χ4n) is 4.04. The van der Waals surface area contributed by atoms with Gasteiger partial charge in [-0.2, -0.15) is 5.26 Å². The van der Waals surface area contributed by atoms with Crippen molar-refractivity contribution in [3.8, 4) is 6.07 Å². The van der Waals surface area contributed by atoms with Gasteiger partial charge in [-0.3, -0.25) is 0 Å². The lowest BCUT2D eigenvalue weighted by Crippen LogP contribution is -2.47. The topological polar surface area (TPSA) is 89.0 Å². The Morgan fingerprint density at radius 1 is 1.39 bits per heavy atom. The smallest absolute Gasteiger partial charge is 0.135 e. The molecule has 1 atom stereocenters. The lowest BCUT2D eigenvalue weighted by Gasteiger charge is -2.41. The van der Waals surface area contributed by atoms with Crippen LogP contribution in [0.2, 0.25) is 0 Å². The van der Waals surface area contributed by atoms with Gasteiger partial charge in [0.15, 0.2) is 0 Å². The fourth-order valence-corrected chi connectivity index (χ4v) is 4.04. The largest absolute Gasteiger partial charge is 0.362 e. The minimum atomic E-state index is -0.335. The maximum absolute atomic E-state index is 13.9. The van der Waals surface area contributed by atoms with Gasteiger partial charge in [0.25, 0.3) is 0 Å². The molecule has 31 heavy (non-hydrogen) atoms. The van der Waals surface area contributed by atoms with Gasteiger partial charge in [-0.1, -0.05) is 6.08 Å². The number of hydrogen-bond donors (Lipinski definition) is 1. The van der Waals surface area contributed by atoms with Gasteiger partial charge in [-0.15, -0.1) is 0 Å². The van der Waals surface area contributed by atoms with Crippen LogP contribution in [0.3, 0.4) is 0 Å². The number of nitrogens with two attached hydrogens (primary N) is 1. The molecule has 0 amide bonds. The number of benzene rings is 1. The van der Waals surface area contributed by atoms with Crippen LogP contribution in [0.25, 0.3) is 0 Å². The molecule has 2 aliphatic heterocycles. The number of rotatable bonds is 4. The van der Waals surface area contributed by atoms with E-state index in [0.29, 0.717) is 17.7 Å². The van der Waals surface area contributed by atoms with Crippen LogP contribution in [0.5, 0.6) is 0 Å². The van der Waals surface area contributed by atoms with Crippen molar-refractivity contribution in [3.63, 3.8) is 0 Å². The molecular formula is C23H31FN6O. The molecule has 7 nitrogen and oxygen atoms in total. The second-order valence-electron chi connectivity index (χ2n) is 7.86. The van der Waals surface area contributed by atoms with Gasteiger partial charge in [0, 0.05) is 58.6 Å². The third-order valence-electron chi connectivity index (χ3n) is 5.30. The van der Waals surface area contributed by atoms with Crippen molar-refractivity contribution in [3.05, 3.63) is 58.8 Å². The molecule has 8 heteroatoms. The Morgan fingerprint density at radius 3 is 2.77 bits per heavy atom. The Balaban J connectivity index is 0.00000166. The summed E-state index contributed by atoms with van der Waals surface area (Å²) < 4.78 is 13.9. The molecule has 2 heterocycles. The standard InChI is InChI=1S/C22H29FN6.CH2O/c1-27(2)21-20(7-4-10-26-21)22(29-11-5-6-19(25)15-29)28(3)14-17-12-18(23)9-8-16(17)13-24;1-2/h4,8-10,12,19H,5-7,11,14-15,25H2,1-3H3;1H2/b22-20+;. The van der Waals surface area contributed by atoms with E-state index >= 15 is 0 Å². The second kappa shape index (κ2) is 11.3. The van der Waals surface area contributed by atoms with Crippen molar-refractivity contribution in [2.45, 2.75) is 31.8 Å². The number of piperidine rings is 1. The highest BCUT2D eigenvalue weighted by Crippen LogP contribution is 2.27. The molecule has 3 rings (SSSR count). The molecule has 1 fully saturated rings. The van der Waals surface area contributed by atoms with Crippen LogP contribution in [-0.2, 0) is 11.3 Å². The number of aliphatic imine (C=N–C) groups is 1. The third-order valence-corrected chi connectivity index (χ3v) is 5.30. The first-order valence-corrected chi connectivity index (χ1v) is 10.2. The number of carbonyl (C=O) groups is 1. The number of carbonyl (C=O) groups excluding carboxylic acids is 1. The van der Waals surface area contributed by atoms with E-state index < -0.39 is 0 Å². The van der Waals surface area contributed by atoms with Gasteiger partial charge in [0.1, 0.15) is 24.3 Å². The van der Waals surface area contributed by atoms with Crippen molar-refractivity contribution in [1.29, 1.82) is 5.26 Å². The van der Waals surface area contributed by atoms with Crippen LogP contribution in [0.4, 0.5) is 4.39 Å². The Labute approximate surface area is 183 Å². The number of amidine groups is 1. The zero-order valence-corrected chi connectivity index (χ0v) is 18.5. The average Bonchev–Trinajstić information content (AvgIpc) is 2.76. The van der Waals surface area contributed by atoms with Gasteiger partial charge in [0.2, 0.25) is 0 Å². The summed E-state index contributed by atoms with van der Waals surface area (Å²) in [6.45, 7) is 4.10. The Morgan fingerprint density at radius 2 is 2.13 bits per heavy atom. The number of halogens is 1. The van der Waals surface area contributed by atoms with Gasteiger partial charge in [-0.25, -0.2) is 9.38 Å². The van der Waals surface area contributed by atoms with E-state index in [4.69, 9.17) is 10.5 Å². The third kappa shape index (κ3) is 5.92. The summed E-state index contributed by atoms with van der Waals surface area (Å²) >= 11 is 0. The molecule has 2 aliphatic rings. The number of likely N-dealkylation sites (tertiary alicyclic amines) is 1. The van der Waals surface area contributed by atoms with E-state index in [0.717, 1.165) is 49.6 Å². The lowest BCUT2D eigenvalue weighted by atomic mass is 10.0. The first-order chi connectivity index (χ1) is 14.9. The monoisotopic (exact) mass is 426 g/mol. The van der Waals surface area contributed by atoms with Crippen LogP contribution < -0.4 is 5.73 Å². The normalized spacial score (nSPS) is 19.5. The summed E-state index contributed by atoms with van der Waals surface area (Å²) in [6, 6.07) is 6.61. The van der Waals surface area contributed by atoms with Crippen molar-refractivity contribution < 1.29 is 9.18 Å². The minimum Gasteiger partial charge on any atom is -0.362 e. The number of hydrogen-bond acceptors (Lipinski definition) is 7. The second-order valence-corrected chi connectivity index (χ2v) is 7.86. The van der Waals surface area contributed by atoms with Gasteiger partial charge >= 0.3 is 0 Å². The molecule has 0 radical (unpaired) electrons. The maximum atomic E-state index is 13.9. The summed E-state index contributed by atoms with van der Waals surface area (Å²) in [4.78, 5) is 19.0. The molecule has 1 aromatic carbocycles. The van der Waals surface area contributed by atoms with Crippen LogP contribution in [0, 0.1) is 17.1 Å². The van der Waals surface area contributed by atoms with Crippen molar-refractivity contribution >= 4 is 12.6 Å². The predicted molar refractivity (Wildman–Crippen MR) is 120 cm³/mol. The van der Waals surface area contributed by atoms with E-state index in [1.54, 1.807) is 0 Å². The van der Waals surface area contributed by atoms with Crippen molar-refractivity contribution in [2.75, 3.05) is 34.2 Å². The lowest BCUT2D eigenvalue weighted by molar-refractivity contribution is -0.0979. The molecule has 1 saturated heterocycles. The highest BCUT2D eigenvalue weighted by molar-refractivity contribution is 5.99. The SMILES string of the molecule is C=O.CN(C)C1=NC=CC/C1=C(/N(C)Cc1cc(F)ccc1C#N)N1CCCC(N)C1. The molecule has 0 aromatic heterocycles. The van der Waals surface area contributed by atoms with Gasteiger partial charge in [0.05, 0.1) is 11.6 Å². The van der Waals surface area contributed by atoms with Crippen LogP contribution >= 0.6 is 0 Å². The van der Waals surface area contributed by atoms with Crippen molar-refractivity contribution in [2.24, 2.45) is 10.7 Å². The number of allylic oxidation sites excluding steroid dienone is 1. The maximum Gasteiger partial charge on any atom is 0.135 e. The van der Waals surface area contributed by atoms with E-state index in [1.165, 1.54) is 18.2 Å². The summed E-state index contributed by atoms with van der Waals surface area (Å²) in [5, 5.41) is 9.44. The van der Waals surface area contributed by atoms with Crippen LogP contribution in [-0.4, -0.2) is 67.6 Å². The molecule has 2 N–H and O–H groups in total. The summed E-state index contributed by atoms with van der Waals surface area (Å²) in [7, 11) is 5.95. The molecular weight excluding hydrogens is 395 g/mol. The van der Waals surface area contributed by atoms with Gasteiger partial charge in [-0.05, 0) is 43.0 Å². The Hall–Kier alpha value is -3.18. The summed E-state index contributed by atoms with van der Waals surface area (Å²) in [6.07, 6.45) is 6.68. The minimum absolute atomic E-state index is 0.121. The molecule has 1 aromatic rings. The van der Waals surface area contributed by atoms with Crippen LogP contribution in [0.15, 0.2) is 46.9 Å². The first-order valence-electron chi connectivity index (χ1n) is 10.2. The predicted octanol–water partition coefficient (Wildman–Crippen LogP) is 2.46. The quantitative estimate of drug-likeness (QED) is 0.796.